The van der Waals surface area contributed by atoms with E-state index in [1.165, 1.54) is 7.11 Å². The van der Waals surface area contributed by atoms with Gasteiger partial charge in [0.05, 0.1) is 7.11 Å². The molecule has 0 atom stereocenters. The molecule has 0 aliphatic carbocycles. The van der Waals surface area contributed by atoms with Crippen LogP contribution >= 0.6 is 0 Å². The van der Waals surface area contributed by atoms with Crippen molar-refractivity contribution in [2.24, 2.45) is 5.84 Å². The number of hydrogen-bond donors (Lipinski definition) is 1. The van der Waals surface area contributed by atoms with E-state index in [1.54, 1.807) is 9.91 Å². The molecule has 1 rings (SSSR count). The largest absolute Gasteiger partial charge is 0.453 e. The Balaban J connectivity index is 2.33. The minimum absolute atomic E-state index is 0.266. The lowest BCUT2D eigenvalue weighted by atomic mass is 10.4. The van der Waals surface area contributed by atoms with Crippen LogP contribution in [0, 0.1) is 0 Å². The summed E-state index contributed by atoms with van der Waals surface area (Å²) in [4.78, 5) is 12.6. The molecule has 0 aromatic heterocycles. The Hall–Kier alpha value is -0.810. The van der Waals surface area contributed by atoms with Gasteiger partial charge in [-0.1, -0.05) is 0 Å². The summed E-state index contributed by atoms with van der Waals surface area (Å²) >= 11 is 0. The van der Waals surface area contributed by atoms with E-state index in [4.69, 9.17) is 5.84 Å². The summed E-state index contributed by atoms with van der Waals surface area (Å²) in [5.74, 6) is 5.49. The normalized spacial score (nSPS) is 20.0. The van der Waals surface area contributed by atoms with Gasteiger partial charge in [0.15, 0.2) is 0 Å². The lowest BCUT2D eigenvalue weighted by Crippen LogP contribution is -2.51. The first-order valence-corrected chi connectivity index (χ1v) is 3.56. The number of piperazine rings is 1. The molecule has 0 aromatic carbocycles. The van der Waals surface area contributed by atoms with Crippen molar-refractivity contribution < 1.29 is 9.53 Å². The third-order valence-electron chi connectivity index (χ3n) is 1.75. The predicted molar refractivity (Wildman–Crippen MR) is 39.7 cm³/mol. The van der Waals surface area contributed by atoms with Gasteiger partial charge in [-0.2, -0.15) is 0 Å². The minimum atomic E-state index is -0.266. The summed E-state index contributed by atoms with van der Waals surface area (Å²) in [6.45, 7) is 2.75. The summed E-state index contributed by atoms with van der Waals surface area (Å²) < 4.78 is 4.55. The van der Waals surface area contributed by atoms with E-state index in [9.17, 15) is 4.79 Å². The van der Waals surface area contributed by atoms with Crippen molar-refractivity contribution >= 4 is 6.09 Å². The molecule has 1 aliphatic heterocycles. The first kappa shape index (κ1) is 8.29. The number of carbonyl (C=O) groups excluding carboxylic acids is 1. The second-order valence-corrected chi connectivity index (χ2v) is 2.49. The Kier molecular flexibility index (Phi) is 2.67. The second-order valence-electron chi connectivity index (χ2n) is 2.49. The van der Waals surface area contributed by atoms with Crippen LogP contribution in [0.3, 0.4) is 0 Å². The molecular formula is C6H13N3O2. The van der Waals surface area contributed by atoms with Gasteiger partial charge in [-0.05, 0) is 0 Å². The Morgan fingerprint density at radius 3 is 2.36 bits per heavy atom. The van der Waals surface area contributed by atoms with Crippen LogP contribution in [0.5, 0.6) is 0 Å². The van der Waals surface area contributed by atoms with E-state index in [-0.39, 0.29) is 6.09 Å². The zero-order valence-electron chi connectivity index (χ0n) is 6.62. The maximum atomic E-state index is 10.9. The summed E-state index contributed by atoms with van der Waals surface area (Å²) in [6, 6.07) is 0. The number of carbonyl (C=O) groups is 1. The first-order chi connectivity index (χ1) is 5.24. The highest BCUT2D eigenvalue weighted by atomic mass is 16.5. The summed E-state index contributed by atoms with van der Waals surface area (Å²) in [5.41, 5.74) is 0. The van der Waals surface area contributed by atoms with Crippen molar-refractivity contribution in [1.82, 2.24) is 9.91 Å². The fourth-order valence-electron chi connectivity index (χ4n) is 1.03. The zero-order chi connectivity index (χ0) is 8.27. The molecule has 5 nitrogen and oxygen atoms in total. The first-order valence-electron chi connectivity index (χ1n) is 3.56. The molecule has 1 amide bonds. The Labute approximate surface area is 65.7 Å². The fraction of sp³-hybridized carbons (Fsp3) is 0.833. The standard InChI is InChI=1S/C6H13N3O2/c1-11-6(10)8-2-4-9(7)5-3-8/h2-5,7H2,1H3. The predicted octanol–water partition coefficient (Wildman–Crippen LogP) is -0.756. The van der Waals surface area contributed by atoms with E-state index in [0.717, 1.165) is 13.1 Å². The number of amides is 1. The average molecular weight is 159 g/mol. The van der Waals surface area contributed by atoms with E-state index >= 15 is 0 Å². The van der Waals surface area contributed by atoms with Crippen molar-refractivity contribution in [2.45, 2.75) is 0 Å². The van der Waals surface area contributed by atoms with Crippen LogP contribution in [-0.2, 0) is 4.74 Å². The number of rotatable bonds is 0. The molecule has 1 aliphatic rings. The molecule has 1 heterocycles. The topological polar surface area (TPSA) is 58.8 Å². The maximum absolute atomic E-state index is 10.9. The van der Waals surface area contributed by atoms with Gasteiger partial charge in [-0.25, -0.2) is 9.80 Å². The summed E-state index contributed by atoms with van der Waals surface area (Å²) in [5, 5.41) is 1.69. The lowest BCUT2D eigenvalue weighted by molar-refractivity contribution is 0.0914. The van der Waals surface area contributed by atoms with Crippen molar-refractivity contribution in [3.8, 4) is 0 Å². The quantitative estimate of drug-likeness (QED) is 0.472. The minimum Gasteiger partial charge on any atom is -0.453 e. The third-order valence-corrected chi connectivity index (χ3v) is 1.75. The SMILES string of the molecule is COC(=O)N1CCN(N)CC1. The van der Waals surface area contributed by atoms with Crippen LogP contribution in [0.1, 0.15) is 0 Å². The Morgan fingerprint density at radius 1 is 1.36 bits per heavy atom. The highest BCUT2D eigenvalue weighted by Crippen LogP contribution is 1.98. The van der Waals surface area contributed by atoms with Crippen molar-refractivity contribution in [1.29, 1.82) is 0 Å². The molecular weight excluding hydrogens is 146 g/mol. The van der Waals surface area contributed by atoms with Gasteiger partial charge in [0.1, 0.15) is 0 Å². The van der Waals surface area contributed by atoms with Gasteiger partial charge >= 0.3 is 6.09 Å². The van der Waals surface area contributed by atoms with Crippen LogP contribution in [0.2, 0.25) is 0 Å². The Bertz CT molecular complexity index is 143. The smallest absolute Gasteiger partial charge is 0.409 e. The summed E-state index contributed by atoms with van der Waals surface area (Å²) in [7, 11) is 1.39. The molecule has 0 saturated carbocycles. The monoisotopic (exact) mass is 159 g/mol. The number of hydrogen-bond acceptors (Lipinski definition) is 4. The summed E-state index contributed by atoms with van der Waals surface area (Å²) in [6.07, 6.45) is -0.266. The van der Waals surface area contributed by atoms with Crippen LogP contribution in [0.25, 0.3) is 0 Å². The number of hydrazine groups is 1. The molecule has 0 radical (unpaired) electrons. The molecule has 0 aromatic rings. The van der Waals surface area contributed by atoms with Gasteiger partial charge in [0, 0.05) is 26.2 Å². The van der Waals surface area contributed by atoms with Crippen molar-refractivity contribution in [2.75, 3.05) is 33.3 Å². The number of nitrogens with zero attached hydrogens (tertiary/aromatic N) is 2. The number of ether oxygens (including phenoxy) is 1. The highest BCUT2D eigenvalue weighted by Gasteiger charge is 2.18. The molecule has 1 saturated heterocycles. The molecule has 5 heteroatoms. The molecule has 1 fully saturated rings. The lowest BCUT2D eigenvalue weighted by Gasteiger charge is -2.30. The molecule has 0 spiro atoms. The molecule has 64 valence electrons. The van der Waals surface area contributed by atoms with Gasteiger partial charge < -0.3 is 9.64 Å². The van der Waals surface area contributed by atoms with E-state index in [2.05, 4.69) is 4.74 Å². The highest BCUT2D eigenvalue weighted by molar-refractivity contribution is 5.67. The number of methoxy groups -OCH3 is 1. The van der Waals surface area contributed by atoms with Crippen LogP contribution in [0.15, 0.2) is 0 Å². The molecule has 0 unspecified atom stereocenters. The third kappa shape index (κ3) is 2.06. The van der Waals surface area contributed by atoms with E-state index in [0.29, 0.717) is 13.1 Å². The number of nitrogens with two attached hydrogens (primary N) is 1. The molecule has 0 bridgehead atoms. The van der Waals surface area contributed by atoms with Crippen molar-refractivity contribution in [3.63, 3.8) is 0 Å². The maximum Gasteiger partial charge on any atom is 0.409 e. The van der Waals surface area contributed by atoms with Crippen molar-refractivity contribution in [3.05, 3.63) is 0 Å². The van der Waals surface area contributed by atoms with Gasteiger partial charge in [-0.3, -0.25) is 5.84 Å². The zero-order valence-corrected chi connectivity index (χ0v) is 6.62. The Morgan fingerprint density at radius 2 is 1.91 bits per heavy atom. The average Bonchev–Trinajstić information content (AvgIpc) is 2.05. The fourth-order valence-corrected chi connectivity index (χ4v) is 1.03. The van der Waals surface area contributed by atoms with E-state index in [1.807, 2.05) is 0 Å². The van der Waals surface area contributed by atoms with E-state index < -0.39 is 0 Å². The van der Waals surface area contributed by atoms with Gasteiger partial charge in [0.2, 0.25) is 0 Å². The molecule has 2 N–H and O–H groups in total. The van der Waals surface area contributed by atoms with Gasteiger partial charge in [0.25, 0.3) is 0 Å². The van der Waals surface area contributed by atoms with Crippen LogP contribution in [-0.4, -0.2) is 49.3 Å². The van der Waals surface area contributed by atoms with Crippen LogP contribution < -0.4 is 5.84 Å². The second kappa shape index (κ2) is 3.54. The van der Waals surface area contributed by atoms with Crippen LogP contribution in [0.4, 0.5) is 4.79 Å². The molecule has 11 heavy (non-hydrogen) atoms. The van der Waals surface area contributed by atoms with Gasteiger partial charge in [-0.15, -0.1) is 0 Å².